The molecule has 2 rings (SSSR count). The van der Waals surface area contributed by atoms with Crippen LogP contribution in [0, 0.1) is 6.92 Å². The van der Waals surface area contributed by atoms with Crippen molar-refractivity contribution in [3.8, 4) is 5.75 Å². The van der Waals surface area contributed by atoms with E-state index in [-0.39, 0.29) is 11.5 Å². The van der Waals surface area contributed by atoms with Gasteiger partial charge in [0.05, 0.1) is 11.9 Å². The predicted molar refractivity (Wildman–Crippen MR) is 55.5 cm³/mol. The molecular formula is C11H11NO2. The molecule has 2 aromatic rings. The van der Waals surface area contributed by atoms with Gasteiger partial charge < -0.3 is 14.6 Å². The van der Waals surface area contributed by atoms with Crippen molar-refractivity contribution in [2.24, 2.45) is 0 Å². The standard InChI is InChI=1S/C11H11NO2/c1-7-5-9-3-4-10(14)6-12(9)11(7)8(2)13/h3-6,13-14H,2H2,1H3. The lowest BCUT2D eigenvalue weighted by Crippen LogP contribution is -1.91. The Hall–Kier alpha value is -1.90. The fourth-order valence-electron chi connectivity index (χ4n) is 1.66. The quantitative estimate of drug-likeness (QED) is 0.677. The summed E-state index contributed by atoms with van der Waals surface area (Å²) in [5.41, 5.74) is 2.49. The van der Waals surface area contributed by atoms with Crippen LogP contribution in [0.4, 0.5) is 0 Å². The molecule has 0 unspecified atom stereocenters. The molecule has 3 heteroatoms. The minimum absolute atomic E-state index is 0.00750. The predicted octanol–water partition coefficient (Wildman–Crippen LogP) is 2.48. The van der Waals surface area contributed by atoms with Gasteiger partial charge >= 0.3 is 0 Å². The third-order valence-corrected chi connectivity index (χ3v) is 2.22. The fraction of sp³-hybridized carbons (Fsp3) is 0.0909. The Balaban J connectivity index is 2.86. The molecule has 0 saturated heterocycles. The highest BCUT2D eigenvalue weighted by molar-refractivity contribution is 5.66. The number of aromatic nitrogens is 1. The monoisotopic (exact) mass is 189 g/mol. The number of aliphatic hydroxyl groups excluding tert-OH is 1. The maximum atomic E-state index is 9.39. The van der Waals surface area contributed by atoms with E-state index in [0.29, 0.717) is 5.69 Å². The van der Waals surface area contributed by atoms with Gasteiger partial charge in [-0.05, 0) is 30.7 Å². The van der Waals surface area contributed by atoms with Crippen LogP contribution >= 0.6 is 0 Å². The summed E-state index contributed by atoms with van der Waals surface area (Å²) < 4.78 is 1.72. The molecule has 0 fully saturated rings. The zero-order chi connectivity index (χ0) is 10.3. The Morgan fingerprint density at radius 2 is 2.14 bits per heavy atom. The maximum Gasteiger partial charge on any atom is 0.132 e. The van der Waals surface area contributed by atoms with Crippen LogP contribution in [-0.4, -0.2) is 14.6 Å². The van der Waals surface area contributed by atoms with Crippen LogP contribution in [0.25, 0.3) is 11.3 Å². The third kappa shape index (κ3) is 1.14. The molecule has 14 heavy (non-hydrogen) atoms. The molecule has 0 aliphatic heterocycles. The van der Waals surface area contributed by atoms with E-state index in [9.17, 15) is 10.2 Å². The maximum absolute atomic E-state index is 9.39. The molecule has 72 valence electrons. The first kappa shape index (κ1) is 8.69. The van der Waals surface area contributed by atoms with Crippen LogP contribution in [0.2, 0.25) is 0 Å². The Kier molecular flexibility index (Phi) is 1.74. The fourth-order valence-corrected chi connectivity index (χ4v) is 1.66. The second-order valence-corrected chi connectivity index (χ2v) is 3.30. The summed E-state index contributed by atoms with van der Waals surface area (Å²) in [5.74, 6) is 0.170. The first-order chi connectivity index (χ1) is 6.59. The van der Waals surface area contributed by atoms with Crippen LogP contribution in [0.3, 0.4) is 0 Å². The zero-order valence-corrected chi connectivity index (χ0v) is 7.86. The van der Waals surface area contributed by atoms with Crippen LogP contribution in [0.1, 0.15) is 11.3 Å². The van der Waals surface area contributed by atoms with Crippen molar-refractivity contribution < 1.29 is 10.2 Å². The van der Waals surface area contributed by atoms with Gasteiger partial charge in [0.1, 0.15) is 11.5 Å². The average molecular weight is 189 g/mol. The van der Waals surface area contributed by atoms with Gasteiger partial charge in [0, 0.05) is 5.52 Å². The van der Waals surface area contributed by atoms with E-state index < -0.39 is 0 Å². The molecule has 0 aliphatic carbocycles. The lowest BCUT2D eigenvalue weighted by molar-refractivity contribution is 0.471. The highest BCUT2D eigenvalue weighted by Crippen LogP contribution is 2.23. The van der Waals surface area contributed by atoms with E-state index in [2.05, 4.69) is 6.58 Å². The van der Waals surface area contributed by atoms with E-state index in [0.717, 1.165) is 11.1 Å². The number of hydrogen-bond donors (Lipinski definition) is 2. The van der Waals surface area contributed by atoms with Crippen LogP contribution < -0.4 is 0 Å². The van der Waals surface area contributed by atoms with Gasteiger partial charge in [-0.1, -0.05) is 6.58 Å². The number of aromatic hydroxyl groups is 1. The van der Waals surface area contributed by atoms with Crippen molar-refractivity contribution in [2.45, 2.75) is 6.92 Å². The van der Waals surface area contributed by atoms with Crippen LogP contribution in [0.15, 0.2) is 31.0 Å². The molecule has 2 heterocycles. The molecule has 3 nitrogen and oxygen atoms in total. The van der Waals surface area contributed by atoms with Gasteiger partial charge in [-0.25, -0.2) is 0 Å². The molecule has 2 aromatic heterocycles. The Bertz CT molecular complexity index is 511. The summed E-state index contributed by atoms with van der Waals surface area (Å²) in [6.07, 6.45) is 1.55. The lowest BCUT2D eigenvalue weighted by atomic mass is 10.2. The minimum Gasteiger partial charge on any atom is -0.506 e. The summed E-state index contributed by atoms with van der Waals surface area (Å²) >= 11 is 0. The first-order valence-electron chi connectivity index (χ1n) is 4.28. The normalized spacial score (nSPS) is 10.6. The second kappa shape index (κ2) is 2.80. The van der Waals surface area contributed by atoms with Crippen molar-refractivity contribution in [3.63, 3.8) is 0 Å². The Labute approximate surface area is 81.5 Å². The van der Waals surface area contributed by atoms with E-state index >= 15 is 0 Å². The number of nitrogens with zero attached hydrogens (tertiary/aromatic N) is 1. The van der Waals surface area contributed by atoms with Crippen molar-refractivity contribution in [1.82, 2.24) is 4.40 Å². The topological polar surface area (TPSA) is 44.9 Å². The molecule has 0 amide bonds. The number of pyridine rings is 1. The molecule has 0 bridgehead atoms. The molecule has 0 saturated carbocycles. The molecule has 0 radical (unpaired) electrons. The summed E-state index contributed by atoms with van der Waals surface area (Å²) in [5, 5.41) is 18.7. The van der Waals surface area contributed by atoms with Crippen LogP contribution in [0.5, 0.6) is 5.75 Å². The van der Waals surface area contributed by atoms with Gasteiger partial charge in [-0.3, -0.25) is 0 Å². The zero-order valence-electron chi connectivity index (χ0n) is 7.86. The first-order valence-corrected chi connectivity index (χ1v) is 4.28. The smallest absolute Gasteiger partial charge is 0.132 e. The van der Waals surface area contributed by atoms with Crippen molar-refractivity contribution in [1.29, 1.82) is 0 Å². The minimum atomic E-state index is 0.00750. The van der Waals surface area contributed by atoms with Gasteiger partial charge in [0.2, 0.25) is 0 Å². The van der Waals surface area contributed by atoms with Crippen molar-refractivity contribution in [2.75, 3.05) is 0 Å². The van der Waals surface area contributed by atoms with Gasteiger partial charge in [0.25, 0.3) is 0 Å². The number of fused-ring (bicyclic) bond motifs is 1. The lowest BCUT2D eigenvalue weighted by Gasteiger charge is -2.02. The van der Waals surface area contributed by atoms with Gasteiger partial charge in [-0.15, -0.1) is 0 Å². The molecule has 0 spiro atoms. The Morgan fingerprint density at radius 3 is 2.79 bits per heavy atom. The number of rotatable bonds is 1. The van der Waals surface area contributed by atoms with Crippen molar-refractivity contribution >= 4 is 11.3 Å². The number of hydrogen-bond acceptors (Lipinski definition) is 2. The van der Waals surface area contributed by atoms with Gasteiger partial charge in [0.15, 0.2) is 0 Å². The highest BCUT2D eigenvalue weighted by atomic mass is 16.3. The molecule has 0 atom stereocenters. The SMILES string of the molecule is C=C(O)c1c(C)cc2ccc(O)cn12. The van der Waals surface area contributed by atoms with E-state index in [1.54, 1.807) is 22.7 Å². The number of aryl methyl sites for hydroxylation is 1. The summed E-state index contributed by atoms with van der Waals surface area (Å²) in [4.78, 5) is 0. The second-order valence-electron chi connectivity index (χ2n) is 3.30. The van der Waals surface area contributed by atoms with E-state index in [1.165, 1.54) is 0 Å². The molecule has 0 aliphatic rings. The largest absolute Gasteiger partial charge is 0.506 e. The Morgan fingerprint density at radius 1 is 1.43 bits per heavy atom. The van der Waals surface area contributed by atoms with Crippen molar-refractivity contribution in [3.05, 3.63) is 42.2 Å². The van der Waals surface area contributed by atoms with Crippen LogP contribution in [-0.2, 0) is 0 Å². The average Bonchev–Trinajstić information content (AvgIpc) is 2.40. The summed E-state index contributed by atoms with van der Waals surface area (Å²) in [6, 6.07) is 5.32. The molecule has 2 N–H and O–H groups in total. The van der Waals surface area contributed by atoms with E-state index in [1.807, 2.05) is 13.0 Å². The summed E-state index contributed by atoms with van der Waals surface area (Å²) in [6.45, 7) is 5.38. The molecule has 0 aromatic carbocycles. The van der Waals surface area contributed by atoms with E-state index in [4.69, 9.17) is 0 Å². The van der Waals surface area contributed by atoms with Gasteiger partial charge in [-0.2, -0.15) is 0 Å². The number of aliphatic hydroxyl groups is 1. The molecular weight excluding hydrogens is 178 g/mol. The summed E-state index contributed by atoms with van der Waals surface area (Å²) in [7, 11) is 0. The highest BCUT2D eigenvalue weighted by Gasteiger charge is 2.09. The third-order valence-electron chi connectivity index (χ3n) is 2.22.